The smallest absolute Gasteiger partial charge is 0.227 e. The predicted octanol–water partition coefficient (Wildman–Crippen LogP) is 0.832. The predicted molar refractivity (Wildman–Crippen MR) is 83.5 cm³/mol. The second-order valence-corrected chi connectivity index (χ2v) is 6.28. The van der Waals surface area contributed by atoms with E-state index in [0.29, 0.717) is 26.2 Å². The molecule has 0 bridgehead atoms. The molecule has 0 aliphatic carbocycles. The zero-order valence-electron chi connectivity index (χ0n) is 12.5. The number of amides is 1. The lowest BCUT2D eigenvalue weighted by Gasteiger charge is -2.35. The topological polar surface area (TPSA) is 53.0 Å². The molecule has 5 nitrogen and oxygen atoms in total. The van der Waals surface area contributed by atoms with Gasteiger partial charge in [-0.1, -0.05) is 6.07 Å². The molecule has 1 fully saturated rings. The van der Waals surface area contributed by atoms with Crippen molar-refractivity contribution in [1.29, 1.82) is 0 Å². The third-order valence-corrected chi connectivity index (χ3v) is 4.49. The highest BCUT2D eigenvalue weighted by atomic mass is 32.1. The molecular weight excluding hydrogens is 288 g/mol. The second-order valence-electron chi connectivity index (χ2n) is 5.25. The number of hydrogen-bond acceptors (Lipinski definition) is 5. The van der Waals surface area contributed by atoms with Crippen molar-refractivity contribution in [1.82, 2.24) is 9.80 Å². The summed E-state index contributed by atoms with van der Waals surface area (Å²) in [5.41, 5.74) is 0. The Labute approximate surface area is 130 Å². The molecule has 2 heterocycles. The molecule has 0 saturated carbocycles. The number of carbonyl (C=O) groups excluding carboxylic acids is 1. The Balaban J connectivity index is 1.69. The van der Waals surface area contributed by atoms with Crippen molar-refractivity contribution in [2.45, 2.75) is 19.4 Å². The van der Waals surface area contributed by atoms with Crippen molar-refractivity contribution in [2.75, 3.05) is 45.9 Å². The first-order valence-corrected chi connectivity index (χ1v) is 8.35. The molecule has 1 aliphatic heterocycles. The number of β-amino-alcohol motifs (C(OH)–C–C–N with tert-alkyl or cyclic N) is 1. The number of nitrogens with zero attached hydrogens (tertiary/aromatic N) is 2. The SMILES string of the molecule is CCOC[C@@H](O)CN1CCN(C(=O)Cc2cccs2)CC1. The molecule has 1 N–H and O–H groups in total. The Hall–Kier alpha value is -0.950. The summed E-state index contributed by atoms with van der Waals surface area (Å²) in [6.45, 7) is 6.67. The van der Waals surface area contributed by atoms with E-state index in [2.05, 4.69) is 4.90 Å². The molecule has 0 aromatic carbocycles. The molecule has 1 aromatic heterocycles. The number of rotatable bonds is 7. The van der Waals surface area contributed by atoms with E-state index in [-0.39, 0.29) is 5.91 Å². The zero-order chi connectivity index (χ0) is 15.1. The summed E-state index contributed by atoms with van der Waals surface area (Å²) in [7, 11) is 0. The van der Waals surface area contributed by atoms with Gasteiger partial charge < -0.3 is 14.7 Å². The van der Waals surface area contributed by atoms with E-state index in [1.54, 1.807) is 11.3 Å². The summed E-state index contributed by atoms with van der Waals surface area (Å²) in [5, 5.41) is 11.8. The highest BCUT2D eigenvalue weighted by Crippen LogP contribution is 2.12. The van der Waals surface area contributed by atoms with Crippen LogP contribution in [0.25, 0.3) is 0 Å². The molecule has 1 atom stereocenters. The molecule has 0 unspecified atom stereocenters. The lowest BCUT2D eigenvalue weighted by Crippen LogP contribution is -2.51. The fraction of sp³-hybridized carbons (Fsp3) is 0.667. The van der Waals surface area contributed by atoms with Crippen molar-refractivity contribution >= 4 is 17.2 Å². The van der Waals surface area contributed by atoms with E-state index in [0.717, 1.165) is 31.1 Å². The van der Waals surface area contributed by atoms with Crippen molar-refractivity contribution in [3.05, 3.63) is 22.4 Å². The van der Waals surface area contributed by atoms with Gasteiger partial charge in [0.25, 0.3) is 0 Å². The van der Waals surface area contributed by atoms with Gasteiger partial charge in [0.05, 0.1) is 19.1 Å². The minimum absolute atomic E-state index is 0.201. The fourth-order valence-electron chi connectivity index (χ4n) is 2.46. The Kier molecular flexibility index (Phi) is 6.63. The second kappa shape index (κ2) is 8.48. The third-order valence-electron chi connectivity index (χ3n) is 3.61. The summed E-state index contributed by atoms with van der Waals surface area (Å²) in [6, 6.07) is 3.98. The van der Waals surface area contributed by atoms with E-state index >= 15 is 0 Å². The quantitative estimate of drug-likeness (QED) is 0.810. The van der Waals surface area contributed by atoms with E-state index < -0.39 is 6.10 Å². The highest BCUT2D eigenvalue weighted by Gasteiger charge is 2.22. The number of aliphatic hydroxyl groups is 1. The van der Waals surface area contributed by atoms with E-state index in [4.69, 9.17) is 4.74 Å². The Bertz CT molecular complexity index is 417. The molecule has 118 valence electrons. The molecule has 1 aliphatic rings. The molecule has 1 aromatic rings. The van der Waals surface area contributed by atoms with E-state index in [9.17, 15) is 9.90 Å². The van der Waals surface area contributed by atoms with Gasteiger partial charge in [-0.2, -0.15) is 0 Å². The van der Waals surface area contributed by atoms with Crippen LogP contribution in [0.15, 0.2) is 17.5 Å². The van der Waals surface area contributed by atoms with Crippen molar-refractivity contribution in [3.8, 4) is 0 Å². The van der Waals surface area contributed by atoms with Crippen LogP contribution >= 0.6 is 11.3 Å². The molecule has 1 saturated heterocycles. The van der Waals surface area contributed by atoms with Crippen LogP contribution in [-0.2, 0) is 16.0 Å². The minimum Gasteiger partial charge on any atom is -0.389 e. The Morgan fingerprint density at radius 3 is 2.81 bits per heavy atom. The summed E-state index contributed by atoms with van der Waals surface area (Å²) >= 11 is 1.63. The molecular formula is C15H24N2O3S. The van der Waals surface area contributed by atoms with Crippen molar-refractivity contribution in [2.24, 2.45) is 0 Å². The number of aliphatic hydroxyl groups excluding tert-OH is 1. The standard InChI is InChI=1S/C15H24N2O3S/c1-2-20-12-13(18)11-16-5-7-17(8-6-16)15(19)10-14-4-3-9-21-14/h3-4,9,13,18H,2,5-8,10-12H2,1H3/t13-/m0/s1. The number of ether oxygens (including phenoxy) is 1. The van der Waals surface area contributed by atoms with Crippen molar-refractivity contribution < 1.29 is 14.6 Å². The third kappa shape index (κ3) is 5.39. The first kappa shape index (κ1) is 16.4. The number of carbonyl (C=O) groups is 1. The molecule has 6 heteroatoms. The average molecular weight is 312 g/mol. The van der Waals surface area contributed by atoms with Crippen LogP contribution in [0.4, 0.5) is 0 Å². The van der Waals surface area contributed by atoms with Crippen LogP contribution < -0.4 is 0 Å². The fourth-order valence-corrected chi connectivity index (χ4v) is 3.15. The average Bonchev–Trinajstić information content (AvgIpc) is 2.98. The van der Waals surface area contributed by atoms with Crippen molar-refractivity contribution in [3.63, 3.8) is 0 Å². The van der Waals surface area contributed by atoms with Gasteiger partial charge in [-0.05, 0) is 18.4 Å². The summed E-state index contributed by atoms with van der Waals surface area (Å²) in [4.78, 5) is 17.4. The zero-order valence-corrected chi connectivity index (χ0v) is 13.3. The van der Waals surface area contributed by atoms with Crippen LogP contribution in [0.5, 0.6) is 0 Å². The summed E-state index contributed by atoms with van der Waals surface area (Å²) in [6.07, 6.45) is 0.0586. The van der Waals surface area contributed by atoms with Gasteiger partial charge in [-0.3, -0.25) is 9.69 Å². The number of thiophene rings is 1. The lowest BCUT2D eigenvalue weighted by atomic mass is 10.2. The number of piperazine rings is 1. The molecule has 0 radical (unpaired) electrons. The number of hydrogen-bond donors (Lipinski definition) is 1. The van der Waals surface area contributed by atoms with Gasteiger partial charge >= 0.3 is 0 Å². The van der Waals surface area contributed by atoms with E-state index in [1.807, 2.05) is 29.3 Å². The minimum atomic E-state index is -0.446. The Morgan fingerprint density at radius 2 is 2.19 bits per heavy atom. The van der Waals surface area contributed by atoms with Gasteiger partial charge in [-0.25, -0.2) is 0 Å². The van der Waals surface area contributed by atoms with Gasteiger partial charge in [0.15, 0.2) is 0 Å². The summed E-state index contributed by atoms with van der Waals surface area (Å²) < 4.78 is 5.21. The molecule has 2 rings (SSSR count). The van der Waals surface area contributed by atoms with Crippen LogP contribution in [0, 0.1) is 0 Å². The molecule has 0 spiro atoms. The maximum atomic E-state index is 12.2. The molecule has 21 heavy (non-hydrogen) atoms. The Morgan fingerprint density at radius 1 is 1.43 bits per heavy atom. The van der Waals surface area contributed by atoms with Gasteiger partial charge in [0.2, 0.25) is 5.91 Å². The first-order valence-electron chi connectivity index (χ1n) is 7.47. The van der Waals surface area contributed by atoms with Crippen LogP contribution in [0.1, 0.15) is 11.8 Å². The summed E-state index contributed by atoms with van der Waals surface area (Å²) in [5.74, 6) is 0.201. The highest BCUT2D eigenvalue weighted by molar-refractivity contribution is 7.10. The first-order chi connectivity index (χ1) is 10.2. The monoisotopic (exact) mass is 312 g/mol. The van der Waals surface area contributed by atoms with Crippen LogP contribution in [-0.4, -0.2) is 72.9 Å². The van der Waals surface area contributed by atoms with Gasteiger partial charge in [0, 0.05) is 44.2 Å². The largest absolute Gasteiger partial charge is 0.389 e. The molecule has 1 amide bonds. The normalized spacial score (nSPS) is 17.9. The lowest BCUT2D eigenvalue weighted by molar-refractivity contribution is -0.132. The van der Waals surface area contributed by atoms with Gasteiger partial charge in [-0.15, -0.1) is 11.3 Å². The van der Waals surface area contributed by atoms with Crippen LogP contribution in [0.3, 0.4) is 0 Å². The maximum absolute atomic E-state index is 12.2. The maximum Gasteiger partial charge on any atom is 0.227 e. The van der Waals surface area contributed by atoms with E-state index in [1.165, 1.54) is 0 Å². The van der Waals surface area contributed by atoms with Gasteiger partial charge in [0.1, 0.15) is 0 Å². The van der Waals surface area contributed by atoms with Crippen LogP contribution in [0.2, 0.25) is 0 Å².